The molecule has 3 rings (SSSR count). The molecule has 0 spiro atoms. The summed E-state index contributed by atoms with van der Waals surface area (Å²) in [5.41, 5.74) is 2.11. The zero-order valence-corrected chi connectivity index (χ0v) is 15.5. The Morgan fingerprint density at radius 3 is 2.65 bits per heavy atom. The average molecular weight is 355 g/mol. The van der Waals surface area contributed by atoms with Crippen molar-refractivity contribution in [3.8, 4) is 0 Å². The lowest BCUT2D eigenvalue weighted by Gasteiger charge is -2.30. The van der Waals surface area contributed by atoms with Gasteiger partial charge in [0, 0.05) is 25.2 Å². The van der Waals surface area contributed by atoms with E-state index in [1.165, 1.54) is 0 Å². The van der Waals surface area contributed by atoms with Gasteiger partial charge in [-0.1, -0.05) is 12.1 Å². The minimum Gasteiger partial charge on any atom is -0.378 e. The van der Waals surface area contributed by atoms with Gasteiger partial charge < -0.3 is 20.3 Å². The molecule has 1 fully saturated rings. The lowest BCUT2D eigenvalue weighted by molar-refractivity contribution is 0.102. The van der Waals surface area contributed by atoms with Crippen LogP contribution in [0.15, 0.2) is 30.3 Å². The summed E-state index contributed by atoms with van der Waals surface area (Å²) >= 11 is 0. The van der Waals surface area contributed by atoms with Crippen molar-refractivity contribution in [1.82, 2.24) is 9.97 Å². The predicted octanol–water partition coefficient (Wildman–Crippen LogP) is 2.69. The van der Waals surface area contributed by atoms with Crippen LogP contribution in [-0.4, -0.2) is 48.2 Å². The summed E-state index contributed by atoms with van der Waals surface area (Å²) in [7, 11) is 0. The van der Waals surface area contributed by atoms with E-state index >= 15 is 0 Å². The van der Waals surface area contributed by atoms with Gasteiger partial charge in [-0.05, 0) is 32.9 Å². The van der Waals surface area contributed by atoms with Crippen LogP contribution in [0.4, 0.5) is 17.2 Å². The Balaban J connectivity index is 1.81. The van der Waals surface area contributed by atoms with Crippen molar-refractivity contribution in [1.29, 1.82) is 0 Å². The number of anilines is 3. The standard InChI is InChI=1S/C19H25N5O2/c1-13(2)20-18-12-16(21-14(3)22-18)19(25)23-15-6-4-5-7-17(15)24-8-10-26-11-9-24/h4-7,12-13H,8-11H2,1-3H3,(H,23,25)(H,20,21,22). The molecule has 2 aromatic rings. The molecule has 7 nitrogen and oxygen atoms in total. The normalized spacial score (nSPS) is 14.4. The SMILES string of the molecule is Cc1nc(NC(C)C)cc(C(=O)Nc2ccccc2N2CCOCC2)n1. The van der Waals surface area contributed by atoms with Crippen molar-refractivity contribution in [2.24, 2.45) is 0 Å². The molecule has 1 aromatic heterocycles. The number of morpholine rings is 1. The van der Waals surface area contributed by atoms with Gasteiger partial charge in [-0.15, -0.1) is 0 Å². The number of amides is 1. The van der Waals surface area contributed by atoms with E-state index in [4.69, 9.17) is 4.74 Å². The fraction of sp³-hybridized carbons (Fsp3) is 0.421. The second-order valence-corrected chi connectivity index (χ2v) is 6.56. The van der Waals surface area contributed by atoms with E-state index in [-0.39, 0.29) is 11.9 Å². The van der Waals surface area contributed by atoms with Crippen LogP contribution in [-0.2, 0) is 4.74 Å². The smallest absolute Gasteiger partial charge is 0.274 e. The van der Waals surface area contributed by atoms with Gasteiger partial charge in [0.25, 0.3) is 5.91 Å². The van der Waals surface area contributed by atoms with Crippen LogP contribution in [0.3, 0.4) is 0 Å². The van der Waals surface area contributed by atoms with Gasteiger partial charge in [0.1, 0.15) is 17.3 Å². The molecule has 1 saturated heterocycles. The number of aryl methyl sites for hydroxylation is 1. The monoisotopic (exact) mass is 355 g/mol. The van der Waals surface area contributed by atoms with Crippen molar-refractivity contribution in [3.63, 3.8) is 0 Å². The second kappa shape index (κ2) is 8.14. The first-order valence-electron chi connectivity index (χ1n) is 8.88. The zero-order valence-electron chi connectivity index (χ0n) is 15.5. The number of rotatable bonds is 5. The van der Waals surface area contributed by atoms with E-state index in [9.17, 15) is 4.79 Å². The third-order valence-corrected chi connectivity index (χ3v) is 4.01. The largest absolute Gasteiger partial charge is 0.378 e. The molecule has 0 aliphatic carbocycles. The molecular formula is C19H25N5O2. The summed E-state index contributed by atoms with van der Waals surface area (Å²) in [5, 5.41) is 6.21. The maximum atomic E-state index is 12.8. The number of hydrogen-bond acceptors (Lipinski definition) is 6. The zero-order chi connectivity index (χ0) is 18.5. The maximum Gasteiger partial charge on any atom is 0.274 e. The third-order valence-electron chi connectivity index (χ3n) is 4.01. The summed E-state index contributed by atoms with van der Waals surface area (Å²) in [4.78, 5) is 23.6. The van der Waals surface area contributed by atoms with E-state index in [0.717, 1.165) is 24.5 Å². The van der Waals surface area contributed by atoms with Gasteiger partial charge in [-0.3, -0.25) is 4.79 Å². The molecule has 7 heteroatoms. The summed E-state index contributed by atoms with van der Waals surface area (Å²) in [6.07, 6.45) is 0. The number of carbonyl (C=O) groups excluding carboxylic acids is 1. The van der Waals surface area contributed by atoms with Crippen LogP contribution < -0.4 is 15.5 Å². The van der Waals surface area contributed by atoms with Gasteiger partial charge in [-0.25, -0.2) is 9.97 Å². The number of para-hydroxylation sites is 2. The molecule has 0 bridgehead atoms. The highest BCUT2D eigenvalue weighted by atomic mass is 16.5. The highest BCUT2D eigenvalue weighted by Gasteiger charge is 2.17. The number of aromatic nitrogens is 2. The summed E-state index contributed by atoms with van der Waals surface area (Å²) in [6.45, 7) is 8.83. The summed E-state index contributed by atoms with van der Waals surface area (Å²) in [6, 6.07) is 9.71. The predicted molar refractivity (Wildman–Crippen MR) is 103 cm³/mol. The molecular weight excluding hydrogens is 330 g/mol. The number of ether oxygens (including phenoxy) is 1. The highest BCUT2D eigenvalue weighted by Crippen LogP contribution is 2.26. The van der Waals surface area contributed by atoms with Crippen LogP contribution in [0, 0.1) is 6.92 Å². The number of nitrogens with one attached hydrogen (secondary N) is 2. The summed E-state index contributed by atoms with van der Waals surface area (Å²) in [5.74, 6) is 0.962. The van der Waals surface area contributed by atoms with Gasteiger partial charge in [-0.2, -0.15) is 0 Å². The molecule has 0 unspecified atom stereocenters. The highest BCUT2D eigenvalue weighted by molar-refractivity contribution is 6.05. The Kier molecular flexibility index (Phi) is 5.68. The van der Waals surface area contributed by atoms with Gasteiger partial charge in [0.2, 0.25) is 0 Å². The Hall–Kier alpha value is -2.67. The van der Waals surface area contributed by atoms with Crippen molar-refractivity contribution < 1.29 is 9.53 Å². The van der Waals surface area contributed by atoms with Gasteiger partial charge in [0.15, 0.2) is 0 Å². The average Bonchev–Trinajstić information content (AvgIpc) is 2.62. The fourth-order valence-corrected chi connectivity index (χ4v) is 2.90. The Morgan fingerprint density at radius 1 is 1.19 bits per heavy atom. The molecule has 1 aliphatic rings. The lowest BCUT2D eigenvalue weighted by atomic mass is 10.2. The molecule has 138 valence electrons. The van der Waals surface area contributed by atoms with Crippen LogP contribution >= 0.6 is 0 Å². The molecule has 0 radical (unpaired) electrons. The number of hydrogen-bond donors (Lipinski definition) is 2. The topological polar surface area (TPSA) is 79.4 Å². The molecule has 26 heavy (non-hydrogen) atoms. The quantitative estimate of drug-likeness (QED) is 0.858. The Morgan fingerprint density at radius 2 is 1.92 bits per heavy atom. The van der Waals surface area contributed by atoms with Gasteiger partial charge >= 0.3 is 0 Å². The molecule has 1 aromatic carbocycles. The van der Waals surface area contributed by atoms with Crippen molar-refractivity contribution in [3.05, 3.63) is 41.9 Å². The van der Waals surface area contributed by atoms with Gasteiger partial charge in [0.05, 0.1) is 24.6 Å². The molecule has 1 amide bonds. The number of carbonyl (C=O) groups is 1. The van der Waals surface area contributed by atoms with E-state index in [1.807, 2.05) is 38.1 Å². The molecule has 2 N–H and O–H groups in total. The van der Waals surface area contributed by atoms with Crippen LogP contribution in [0.1, 0.15) is 30.2 Å². The molecule has 0 atom stereocenters. The second-order valence-electron chi connectivity index (χ2n) is 6.56. The van der Waals surface area contributed by atoms with E-state index < -0.39 is 0 Å². The van der Waals surface area contributed by atoms with E-state index in [1.54, 1.807) is 13.0 Å². The van der Waals surface area contributed by atoms with E-state index in [0.29, 0.717) is 30.5 Å². The molecule has 2 heterocycles. The Labute approximate surface area is 153 Å². The minimum atomic E-state index is -0.247. The Bertz CT molecular complexity index is 772. The number of benzene rings is 1. The van der Waals surface area contributed by atoms with Crippen LogP contribution in [0.5, 0.6) is 0 Å². The van der Waals surface area contributed by atoms with Crippen LogP contribution in [0.25, 0.3) is 0 Å². The van der Waals surface area contributed by atoms with E-state index in [2.05, 4.69) is 25.5 Å². The first kappa shape index (κ1) is 18.1. The first-order valence-corrected chi connectivity index (χ1v) is 8.88. The third kappa shape index (κ3) is 4.49. The minimum absolute atomic E-state index is 0.224. The molecule has 1 aliphatic heterocycles. The lowest BCUT2D eigenvalue weighted by Crippen LogP contribution is -2.36. The van der Waals surface area contributed by atoms with Crippen LogP contribution in [0.2, 0.25) is 0 Å². The first-order chi connectivity index (χ1) is 12.5. The van der Waals surface area contributed by atoms with Crippen molar-refractivity contribution in [2.75, 3.05) is 41.8 Å². The fourth-order valence-electron chi connectivity index (χ4n) is 2.90. The number of nitrogens with zero attached hydrogens (tertiary/aromatic N) is 3. The van der Waals surface area contributed by atoms with Crippen molar-refractivity contribution in [2.45, 2.75) is 26.8 Å². The maximum absolute atomic E-state index is 12.8. The summed E-state index contributed by atoms with van der Waals surface area (Å²) < 4.78 is 5.42. The van der Waals surface area contributed by atoms with Crippen molar-refractivity contribution >= 4 is 23.1 Å². The molecule has 0 saturated carbocycles.